The van der Waals surface area contributed by atoms with Gasteiger partial charge in [-0.05, 0) is 54.7 Å². The average molecular weight is 467 g/mol. The third-order valence-electron chi connectivity index (χ3n) is 6.43. The maximum atomic E-state index is 12.5. The van der Waals surface area contributed by atoms with Gasteiger partial charge in [0, 0.05) is 36.1 Å². The third-order valence-corrected chi connectivity index (χ3v) is 11.7. The first-order chi connectivity index (χ1) is 15.1. The number of rotatable bonds is 5. The molecule has 2 heterocycles. The van der Waals surface area contributed by atoms with Crippen molar-refractivity contribution in [2.45, 2.75) is 51.7 Å². The molecule has 4 rings (SSSR count). The smallest absolute Gasteiger partial charge is 0.286 e. The summed E-state index contributed by atoms with van der Waals surface area (Å²) in [6, 6.07) is 8.25. The standard InChI is InChI=1S/C24H30N4O2SSi/c1-24(2,3)32(5,6)30-28-19-10-7-15-13-16(8-9-17(15)19)27-21-18-11-12-26-14-20(18)31-22(21)23(29)25-4/h8-9,11-14,27H,7,10H2,1-6H3,(H,25,29)/b28-19-. The Labute approximate surface area is 194 Å². The van der Waals surface area contributed by atoms with Gasteiger partial charge in [0.25, 0.3) is 14.2 Å². The van der Waals surface area contributed by atoms with E-state index in [9.17, 15) is 4.79 Å². The zero-order chi connectivity index (χ0) is 23.1. The van der Waals surface area contributed by atoms with Crippen LogP contribution in [0.25, 0.3) is 10.1 Å². The molecule has 1 amide bonds. The summed E-state index contributed by atoms with van der Waals surface area (Å²) in [7, 11) is -0.287. The van der Waals surface area contributed by atoms with Crippen molar-refractivity contribution in [2.24, 2.45) is 5.16 Å². The van der Waals surface area contributed by atoms with Crippen molar-refractivity contribution >= 4 is 52.7 Å². The van der Waals surface area contributed by atoms with Crippen molar-refractivity contribution in [3.8, 4) is 0 Å². The fraction of sp³-hybridized carbons (Fsp3) is 0.375. The van der Waals surface area contributed by atoms with Crippen LogP contribution in [0.2, 0.25) is 18.1 Å². The molecule has 0 bridgehead atoms. The molecule has 0 aliphatic heterocycles. The van der Waals surface area contributed by atoms with Crippen LogP contribution in [0, 0.1) is 0 Å². The molecular formula is C24H30N4O2SSi. The van der Waals surface area contributed by atoms with Crippen molar-refractivity contribution in [1.82, 2.24) is 10.3 Å². The number of oxime groups is 1. The van der Waals surface area contributed by atoms with E-state index in [-0.39, 0.29) is 10.9 Å². The van der Waals surface area contributed by atoms with E-state index in [0.29, 0.717) is 4.88 Å². The van der Waals surface area contributed by atoms with Gasteiger partial charge < -0.3 is 15.2 Å². The highest BCUT2D eigenvalue weighted by Crippen LogP contribution is 2.39. The number of fused-ring (bicyclic) bond motifs is 2. The molecule has 0 radical (unpaired) electrons. The van der Waals surface area contributed by atoms with Gasteiger partial charge in [-0.1, -0.05) is 26.8 Å². The Balaban J connectivity index is 1.62. The first-order valence-corrected chi connectivity index (χ1v) is 14.6. The predicted molar refractivity (Wildman–Crippen MR) is 136 cm³/mol. The largest absolute Gasteiger partial charge is 0.455 e. The highest BCUT2D eigenvalue weighted by Gasteiger charge is 2.40. The van der Waals surface area contributed by atoms with Crippen molar-refractivity contribution in [1.29, 1.82) is 0 Å². The molecule has 1 aromatic carbocycles. The zero-order valence-corrected chi connectivity index (χ0v) is 21.3. The topological polar surface area (TPSA) is 75.6 Å². The zero-order valence-electron chi connectivity index (χ0n) is 19.5. The molecule has 2 N–H and O–H groups in total. The molecule has 168 valence electrons. The monoisotopic (exact) mass is 466 g/mol. The number of aromatic nitrogens is 1. The Hall–Kier alpha value is -2.71. The van der Waals surface area contributed by atoms with Crippen molar-refractivity contribution in [3.63, 3.8) is 0 Å². The van der Waals surface area contributed by atoms with Crippen LogP contribution in [0.1, 0.15) is 48.0 Å². The SMILES string of the molecule is CNC(=O)c1sc2cnccc2c1Nc1ccc2c(c1)CC/C2=N/O[Si](C)(C)C(C)(C)C. The van der Waals surface area contributed by atoms with Gasteiger partial charge in [0.2, 0.25) is 0 Å². The van der Waals surface area contributed by atoms with Gasteiger partial charge in [0.05, 0.1) is 16.1 Å². The molecular weight excluding hydrogens is 436 g/mol. The number of pyridine rings is 1. The number of thiophene rings is 1. The second-order valence-electron chi connectivity index (χ2n) is 9.64. The second kappa shape index (κ2) is 8.33. The Morgan fingerprint density at radius 3 is 2.72 bits per heavy atom. The lowest BCUT2D eigenvalue weighted by atomic mass is 10.1. The molecule has 8 heteroatoms. The van der Waals surface area contributed by atoms with Gasteiger partial charge in [0.15, 0.2) is 0 Å². The van der Waals surface area contributed by atoms with Crippen LogP contribution in [0.4, 0.5) is 11.4 Å². The Kier molecular flexibility index (Phi) is 5.85. The molecule has 1 aliphatic carbocycles. The summed E-state index contributed by atoms with van der Waals surface area (Å²) in [6.45, 7) is 11.1. The van der Waals surface area contributed by atoms with Crippen molar-refractivity contribution in [2.75, 3.05) is 12.4 Å². The van der Waals surface area contributed by atoms with Gasteiger partial charge in [-0.3, -0.25) is 9.78 Å². The third kappa shape index (κ3) is 4.16. The van der Waals surface area contributed by atoms with E-state index in [2.05, 4.69) is 66.8 Å². The van der Waals surface area contributed by atoms with Crippen LogP contribution >= 0.6 is 11.3 Å². The lowest BCUT2D eigenvalue weighted by Crippen LogP contribution is -2.39. The number of amides is 1. The predicted octanol–water partition coefficient (Wildman–Crippen LogP) is 6.07. The van der Waals surface area contributed by atoms with E-state index in [1.807, 2.05) is 12.1 Å². The summed E-state index contributed by atoms with van der Waals surface area (Å²) in [5.41, 5.74) is 5.20. The second-order valence-corrected chi connectivity index (χ2v) is 15.4. The Bertz CT molecular complexity index is 1210. The lowest BCUT2D eigenvalue weighted by molar-refractivity contribution is 0.0968. The molecule has 0 fully saturated rings. The lowest BCUT2D eigenvalue weighted by Gasteiger charge is -2.33. The van der Waals surface area contributed by atoms with Crippen LogP contribution in [-0.2, 0) is 10.9 Å². The van der Waals surface area contributed by atoms with Gasteiger partial charge in [-0.2, -0.15) is 0 Å². The summed E-state index contributed by atoms with van der Waals surface area (Å²) in [5, 5.41) is 11.9. The highest BCUT2D eigenvalue weighted by molar-refractivity contribution is 7.21. The summed E-state index contributed by atoms with van der Waals surface area (Å²) in [6.07, 6.45) is 5.36. The summed E-state index contributed by atoms with van der Waals surface area (Å²) in [4.78, 5) is 17.3. The van der Waals surface area contributed by atoms with E-state index in [1.165, 1.54) is 16.9 Å². The Morgan fingerprint density at radius 2 is 2.00 bits per heavy atom. The number of benzene rings is 1. The van der Waals surface area contributed by atoms with Gasteiger partial charge in [-0.15, -0.1) is 16.5 Å². The number of nitrogens with zero attached hydrogens (tertiary/aromatic N) is 2. The molecule has 0 atom stereocenters. The number of aryl methyl sites for hydroxylation is 1. The quantitative estimate of drug-likeness (QED) is 0.353. The number of hydrogen-bond donors (Lipinski definition) is 2. The number of anilines is 2. The van der Waals surface area contributed by atoms with Crippen LogP contribution < -0.4 is 10.6 Å². The molecule has 1 aliphatic rings. The fourth-order valence-electron chi connectivity index (χ4n) is 3.44. The normalized spacial score (nSPS) is 15.1. The highest BCUT2D eigenvalue weighted by atomic mass is 32.1. The van der Waals surface area contributed by atoms with E-state index in [0.717, 1.165) is 45.6 Å². The maximum Gasteiger partial charge on any atom is 0.286 e. The van der Waals surface area contributed by atoms with E-state index >= 15 is 0 Å². The molecule has 3 aromatic rings. The minimum Gasteiger partial charge on any atom is -0.455 e. The first-order valence-electron chi connectivity index (χ1n) is 10.8. The molecule has 0 spiro atoms. The molecule has 2 aromatic heterocycles. The molecule has 0 saturated carbocycles. The molecule has 0 unspecified atom stereocenters. The maximum absolute atomic E-state index is 12.5. The molecule has 6 nitrogen and oxygen atoms in total. The molecule has 0 saturated heterocycles. The van der Waals surface area contributed by atoms with Gasteiger partial charge in [0.1, 0.15) is 4.88 Å². The number of hydrogen-bond acceptors (Lipinski definition) is 6. The summed E-state index contributed by atoms with van der Waals surface area (Å²) < 4.78 is 7.09. The van der Waals surface area contributed by atoms with E-state index in [1.54, 1.807) is 19.4 Å². The number of carbonyl (C=O) groups is 1. The van der Waals surface area contributed by atoms with Crippen LogP contribution in [0.3, 0.4) is 0 Å². The summed E-state index contributed by atoms with van der Waals surface area (Å²) >= 11 is 1.44. The molecule has 32 heavy (non-hydrogen) atoms. The van der Waals surface area contributed by atoms with E-state index < -0.39 is 8.32 Å². The minimum atomic E-state index is -1.94. The van der Waals surface area contributed by atoms with Crippen molar-refractivity contribution in [3.05, 3.63) is 52.7 Å². The van der Waals surface area contributed by atoms with E-state index in [4.69, 9.17) is 4.53 Å². The average Bonchev–Trinajstić information content (AvgIpc) is 3.32. The number of nitrogens with one attached hydrogen (secondary N) is 2. The van der Waals surface area contributed by atoms with Gasteiger partial charge in [-0.25, -0.2) is 0 Å². The summed E-state index contributed by atoms with van der Waals surface area (Å²) in [5.74, 6) is -0.105. The fourth-order valence-corrected chi connectivity index (χ4v) is 5.13. The minimum absolute atomic E-state index is 0.105. The van der Waals surface area contributed by atoms with Gasteiger partial charge >= 0.3 is 0 Å². The van der Waals surface area contributed by atoms with Crippen LogP contribution in [0.15, 0.2) is 41.8 Å². The Morgan fingerprint density at radius 1 is 1.22 bits per heavy atom. The first kappa shape index (κ1) is 22.5. The van der Waals surface area contributed by atoms with Crippen molar-refractivity contribution < 1.29 is 9.32 Å². The van der Waals surface area contributed by atoms with Crippen LogP contribution in [-0.4, -0.2) is 32.0 Å². The van der Waals surface area contributed by atoms with Crippen LogP contribution in [0.5, 0.6) is 0 Å². The number of carbonyl (C=O) groups excluding carboxylic acids is 1.